The summed E-state index contributed by atoms with van der Waals surface area (Å²) in [7, 11) is -3.97. The highest BCUT2D eigenvalue weighted by atomic mass is 32.2. The third-order valence-corrected chi connectivity index (χ3v) is 6.54. The number of halogens is 2. The molecule has 2 N–H and O–H groups in total. The van der Waals surface area contributed by atoms with Crippen LogP contribution in [0.1, 0.15) is 32.1 Å². The van der Waals surface area contributed by atoms with Gasteiger partial charge in [0.2, 0.25) is 10.0 Å². The summed E-state index contributed by atoms with van der Waals surface area (Å²) in [5.41, 5.74) is 5.04. The molecule has 7 heteroatoms. The van der Waals surface area contributed by atoms with Crippen LogP contribution in [0.4, 0.5) is 14.5 Å². The average molecular weight is 316 g/mol. The van der Waals surface area contributed by atoms with E-state index in [1.54, 1.807) is 0 Å². The molecule has 0 amide bonds. The Hall–Kier alpha value is -1.21. The van der Waals surface area contributed by atoms with Crippen molar-refractivity contribution < 1.29 is 17.2 Å². The predicted molar refractivity (Wildman–Crippen MR) is 75.0 cm³/mol. The molecule has 0 spiro atoms. The van der Waals surface area contributed by atoms with Crippen LogP contribution in [-0.4, -0.2) is 25.3 Å². The van der Waals surface area contributed by atoms with Crippen molar-refractivity contribution in [1.82, 2.24) is 4.31 Å². The van der Waals surface area contributed by atoms with Gasteiger partial charge < -0.3 is 5.73 Å². The van der Waals surface area contributed by atoms with E-state index in [9.17, 15) is 17.2 Å². The largest absolute Gasteiger partial charge is 0.396 e. The SMILES string of the molecule is Nc1cc(S(=O)(=O)N2CCC3CCCCC32)c(F)cc1F. The Balaban J connectivity index is 1.99. The maximum absolute atomic E-state index is 13.9. The van der Waals surface area contributed by atoms with Crippen molar-refractivity contribution >= 4 is 15.7 Å². The van der Waals surface area contributed by atoms with E-state index < -0.39 is 26.6 Å². The highest BCUT2D eigenvalue weighted by molar-refractivity contribution is 7.89. The smallest absolute Gasteiger partial charge is 0.246 e. The van der Waals surface area contributed by atoms with Crippen LogP contribution in [0.3, 0.4) is 0 Å². The van der Waals surface area contributed by atoms with Crippen molar-refractivity contribution in [2.45, 2.75) is 43.0 Å². The van der Waals surface area contributed by atoms with Crippen LogP contribution in [0.5, 0.6) is 0 Å². The molecule has 0 radical (unpaired) electrons. The standard InChI is InChI=1S/C14H18F2N2O2S/c15-10-7-11(16)14(8-12(10)17)21(19,20)18-6-5-9-3-1-2-4-13(9)18/h7-9,13H,1-6,17H2. The van der Waals surface area contributed by atoms with Crippen LogP contribution in [0, 0.1) is 17.6 Å². The van der Waals surface area contributed by atoms with Gasteiger partial charge in [-0.1, -0.05) is 12.8 Å². The van der Waals surface area contributed by atoms with Crippen LogP contribution in [0.15, 0.2) is 17.0 Å². The van der Waals surface area contributed by atoms with E-state index >= 15 is 0 Å². The predicted octanol–water partition coefficient (Wildman–Crippen LogP) is 2.50. The number of benzene rings is 1. The van der Waals surface area contributed by atoms with Crippen LogP contribution in [0.25, 0.3) is 0 Å². The van der Waals surface area contributed by atoms with Crippen molar-refractivity contribution in [3.05, 3.63) is 23.8 Å². The minimum Gasteiger partial charge on any atom is -0.396 e. The normalized spacial score (nSPS) is 26.8. The second-order valence-electron chi connectivity index (χ2n) is 5.82. The van der Waals surface area contributed by atoms with Gasteiger partial charge in [0.05, 0.1) is 5.69 Å². The van der Waals surface area contributed by atoms with Crippen LogP contribution in [0.2, 0.25) is 0 Å². The van der Waals surface area contributed by atoms with E-state index in [2.05, 4.69) is 0 Å². The molecule has 1 aliphatic carbocycles. The molecule has 3 rings (SSSR count). The van der Waals surface area contributed by atoms with Gasteiger partial charge in [-0.2, -0.15) is 4.31 Å². The van der Waals surface area contributed by atoms with Gasteiger partial charge in [0, 0.05) is 18.7 Å². The average Bonchev–Trinajstić information content (AvgIpc) is 2.87. The molecule has 0 bridgehead atoms. The minimum atomic E-state index is -3.97. The highest BCUT2D eigenvalue weighted by Gasteiger charge is 2.43. The number of nitrogens with zero attached hydrogens (tertiary/aromatic N) is 1. The lowest BCUT2D eigenvalue weighted by Gasteiger charge is -2.31. The number of hydrogen-bond acceptors (Lipinski definition) is 3. The Morgan fingerprint density at radius 3 is 2.57 bits per heavy atom. The lowest BCUT2D eigenvalue weighted by atomic mass is 9.86. The fourth-order valence-electron chi connectivity index (χ4n) is 3.53. The van der Waals surface area contributed by atoms with Gasteiger partial charge in [-0.25, -0.2) is 17.2 Å². The van der Waals surface area contributed by atoms with Gasteiger partial charge in [0.25, 0.3) is 0 Å². The van der Waals surface area contributed by atoms with E-state index in [4.69, 9.17) is 5.73 Å². The fourth-order valence-corrected chi connectivity index (χ4v) is 5.34. The van der Waals surface area contributed by atoms with Gasteiger partial charge in [0.1, 0.15) is 16.5 Å². The number of nitrogen functional groups attached to an aromatic ring is 1. The van der Waals surface area contributed by atoms with Crippen molar-refractivity contribution in [2.24, 2.45) is 5.92 Å². The summed E-state index contributed by atoms with van der Waals surface area (Å²) in [6.07, 6.45) is 4.74. The summed E-state index contributed by atoms with van der Waals surface area (Å²) in [6, 6.07) is 1.36. The summed E-state index contributed by atoms with van der Waals surface area (Å²) >= 11 is 0. The van der Waals surface area contributed by atoms with Crippen molar-refractivity contribution in [3.8, 4) is 0 Å². The second-order valence-corrected chi connectivity index (χ2v) is 7.68. The molecule has 116 valence electrons. The number of fused-ring (bicyclic) bond motifs is 1. The van der Waals surface area contributed by atoms with Crippen molar-refractivity contribution in [1.29, 1.82) is 0 Å². The lowest BCUT2D eigenvalue weighted by Crippen LogP contribution is -2.39. The van der Waals surface area contributed by atoms with Gasteiger partial charge in [-0.05, 0) is 31.2 Å². The molecule has 2 unspecified atom stereocenters. The Morgan fingerprint density at radius 1 is 1.10 bits per heavy atom. The summed E-state index contributed by atoms with van der Waals surface area (Å²) in [6.45, 7) is 0.397. The molecule has 1 saturated heterocycles. The van der Waals surface area contributed by atoms with Crippen molar-refractivity contribution in [2.75, 3.05) is 12.3 Å². The number of sulfonamides is 1. The topological polar surface area (TPSA) is 63.4 Å². The first-order valence-corrected chi connectivity index (χ1v) is 8.61. The molecular formula is C14H18F2N2O2S. The first kappa shape index (κ1) is 14.7. The molecule has 1 aliphatic heterocycles. The van der Waals surface area contributed by atoms with Gasteiger partial charge in [0.15, 0.2) is 0 Å². The van der Waals surface area contributed by atoms with Crippen LogP contribution < -0.4 is 5.73 Å². The number of hydrogen-bond donors (Lipinski definition) is 1. The summed E-state index contributed by atoms with van der Waals surface area (Å²) in [5, 5.41) is 0. The summed E-state index contributed by atoms with van der Waals surface area (Å²) in [5.74, 6) is -1.67. The maximum atomic E-state index is 13.9. The van der Waals surface area contributed by atoms with E-state index in [0.717, 1.165) is 38.2 Å². The molecular weight excluding hydrogens is 298 g/mol. The third-order valence-electron chi connectivity index (χ3n) is 4.60. The third kappa shape index (κ3) is 2.42. The Labute approximate surface area is 123 Å². The zero-order chi connectivity index (χ0) is 15.2. The first-order valence-electron chi connectivity index (χ1n) is 7.17. The van der Waals surface area contributed by atoms with E-state index in [0.29, 0.717) is 18.5 Å². The molecule has 2 aliphatic rings. The second kappa shape index (κ2) is 5.21. The van der Waals surface area contributed by atoms with E-state index in [1.165, 1.54) is 4.31 Å². The van der Waals surface area contributed by atoms with Crippen molar-refractivity contribution in [3.63, 3.8) is 0 Å². The molecule has 2 fully saturated rings. The quantitative estimate of drug-likeness (QED) is 0.853. The summed E-state index contributed by atoms with van der Waals surface area (Å²) < 4.78 is 53.9. The fraction of sp³-hybridized carbons (Fsp3) is 0.571. The monoisotopic (exact) mass is 316 g/mol. The summed E-state index contributed by atoms with van der Waals surface area (Å²) in [4.78, 5) is -0.521. The molecule has 1 heterocycles. The molecule has 0 aromatic heterocycles. The molecule has 1 saturated carbocycles. The zero-order valence-electron chi connectivity index (χ0n) is 11.6. The number of anilines is 1. The van der Waals surface area contributed by atoms with Crippen LogP contribution >= 0.6 is 0 Å². The number of nitrogens with two attached hydrogens (primary N) is 1. The molecule has 1 aromatic carbocycles. The van der Waals surface area contributed by atoms with Crippen LogP contribution in [-0.2, 0) is 10.0 Å². The highest BCUT2D eigenvalue weighted by Crippen LogP contribution is 2.39. The lowest BCUT2D eigenvalue weighted by molar-refractivity contribution is 0.260. The molecule has 21 heavy (non-hydrogen) atoms. The molecule has 1 aromatic rings. The Morgan fingerprint density at radius 2 is 1.81 bits per heavy atom. The number of rotatable bonds is 2. The molecule has 4 nitrogen and oxygen atoms in total. The zero-order valence-corrected chi connectivity index (χ0v) is 12.4. The van der Waals surface area contributed by atoms with Gasteiger partial charge >= 0.3 is 0 Å². The minimum absolute atomic E-state index is 0.0607. The molecule has 2 atom stereocenters. The van der Waals surface area contributed by atoms with E-state index in [-0.39, 0.29) is 11.7 Å². The van der Waals surface area contributed by atoms with Gasteiger partial charge in [-0.3, -0.25) is 0 Å². The van der Waals surface area contributed by atoms with E-state index in [1.807, 2.05) is 0 Å². The Kier molecular flexibility index (Phi) is 3.65. The first-order chi connectivity index (χ1) is 9.91. The van der Waals surface area contributed by atoms with Gasteiger partial charge in [-0.15, -0.1) is 0 Å². The maximum Gasteiger partial charge on any atom is 0.246 e. The Bertz CT molecular complexity index is 663.